The van der Waals surface area contributed by atoms with E-state index < -0.39 is 0 Å². The lowest BCUT2D eigenvalue weighted by Gasteiger charge is -2.25. The minimum atomic E-state index is -0.194. The number of phenols is 1. The number of aliphatic hydroxyl groups is 1. The minimum Gasteiger partial charge on any atom is -0.507 e. The molecule has 1 amide bonds. The van der Waals surface area contributed by atoms with Crippen LogP contribution in [0.4, 0.5) is 0 Å². The molecule has 1 heterocycles. The van der Waals surface area contributed by atoms with E-state index >= 15 is 0 Å². The number of benzene rings is 1. The molecule has 1 aliphatic heterocycles. The number of aromatic hydroxyl groups is 1. The van der Waals surface area contributed by atoms with Crippen LogP contribution < -0.4 is 0 Å². The van der Waals surface area contributed by atoms with Crippen molar-refractivity contribution in [2.75, 3.05) is 32.9 Å². The molecule has 5 nitrogen and oxygen atoms in total. The smallest absolute Gasteiger partial charge is 0.257 e. The molecular formula is C19H29NO4. The van der Waals surface area contributed by atoms with E-state index in [1.54, 1.807) is 11.0 Å². The van der Waals surface area contributed by atoms with Crippen LogP contribution in [0.5, 0.6) is 5.75 Å². The highest BCUT2D eigenvalue weighted by Gasteiger charge is 2.26. The van der Waals surface area contributed by atoms with E-state index in [0.29, 0.717) is 31.9 Å². The quantitative estimate of drug-likeness (QED) is 0.887. The van der Waals surface area contributed by atoms with Gasteiger partial charge in [0.2, 0.25) is 0 Å². The SMILES string of the molecule is CC(C)c1cc(C(=O)N2CCOC[C@H](CO)C2)c(O)c(C(C)C)c1. The van der Waals surface area contributed by atoms with Crippen molar-refractivity contribution in [3.05, 3.63) is 28.8 Å². The number of rotatable bonds is 4. The number of carbonyl (C=O) groups is 1. The molecule has 1 aromatic carbocycles. The molecule has 1 saturated heterocycles. The van der Waals surface area contributed by atoms with Crippen molar-refractivity contribution < 1.29 is 19.7 Å². The Labute approximate surface area is 144 Å². The fourth-order valence-corrected chi connectivity index (χ4v) is 2.96. The van der Waals surface area contributed by atoms with Crippen molar-refractivity contribution in [1.82, 2.24) is 4.90 Å². The maximum Gasteiger partial charge on any atom is 0.257 e. The van der Waals surface area contributed by atoms with Gasteiger partial charge < -0.3 is 19.8 Å². The molecule has 0 unspecified atom stereocenters. The summed E-state index contributed by atoms with van der Waals surface area (Å²) in [5.41, 5.74) is 2.20. The third-order valence-corrected chi connectivity index (χ3v) is 4.56. The van der Waals surface area contributed by atoms with Crippen LogP contribution in [0.25, 0.3) is 0 Å². The van der Waals surface area contributed by atoms with Gasteiger partial charge in [0.1, 0.15) is 5.75 Å². The second kappa shape index (κ2) is 7.99. The Morgan fingerprint density at radius 3 is 2.58 bits per heavy atom. The Morgan fingerprint density at radius 2 is 2.00 bits per heavy atom. The lowest BCUT2D eigenvalue weighted by molar-refractivity contribution is 0.0725. The maximum atomic E-state index is 13.0. The highest BCUT2D eigenvalue weighted by Crippen LogP contribution is 2.34. The first kappa shape index (κ1) is 18.7. The zero-order chi connectivity index (χ0) is 17.9. The Hall–Kier alpha value is -1.59. The van der Waals surface area contributed by atoms with Crippen LogP contribution in [0.1, 0.15) is 61.0 Å². The van der Waals surface area contributed by atoms with Crippen LogP contribution in [0.3, 0.4) is 0 Å². The number of phenolic OH excluding ortho intramolecular Hbond substituents is 1. The molecule has 1 aromatic rings. The van der Waals surface area contributed by atoms with E-state index in [2.05, 4.69) is 13.8 Å². The lowest BCUT2D eigenvalue weighted by atomic mass is 9.91. The number of nitrogens with zero attached hydrogens (tertiary/aromatic N) is 1. The molecule has 134 valence electrons. The van der Waals surface area contributed by atoms with Gasteiger partial charge in [0.25, 0.3) is 5.91 Å². The van der Waals surface area contributed by atoms with E-state index in [0.717, 1.165) is 11.1 Å². The van der Waals surface area contributed by atoms with Crippen LogP contribution in [-0.2, 0) is 4.74 Å². The molecule has 1 atom stereocenters. The van der Waals surface area contributed by atoms with Gasteiger partial charge in [-0.15, -0.1) is 0 Å². The van der Waals surface area contributed by atoms with Gasteiger partial charge in [-0.3, -0.25) is 4.79 Å². The Morgan fingerprint density at radius 1 is 1.29 bits per heavy atom. The first-order valence-corrected chi connectivity index (χ1v) is 8.69. The molecule has 0 saturated carbocycles. The molecule has 2 N–H and O–H groups in total. The average Bonchev–Trinajstić information content (AvgIpc) is 2.79. The van der Waals surface area contributed by atoms with Gasteiger partial charge in [0.05, 0.1) is 18.8 Å². The molecule has 0 spiro atoms. The fraction of sp³-hybridized carbons (Fsp3) is 0.632. The molecule has 1 fully saturated rings. The van der Waals surface area contributed by atoms with Crippen molar-refractivity contribution in [3.8, 4) is 5.75 Å². The van der Waals surface area contributed by atoms with Crippen molar-refractivity contribution in [1.29, 1.82) is 0 Å². The third-order valence-electron chi connectivity index (χ3n) is 4.56. The summed E-state index contributed by atoms with van der Waals surface area (Å²) in [4.78, 5) is 14.7. The van der Waals surface area contributed by atoms with Gasteiger partial charge in [-0.1, -0.05) is 33.8 Å². The Bertz CT molecular complexity index is 583. The van der Waals surface area contributed by atoms with Crippen LogP contribution in [-0.4, -0.2) is 53.9 Å². The zero-order valence-electron chi connectivity index (χ0n) is 15.1. The van der Waals surface area contributed by atoms with Gasteiger partial charge in [-0.2, -0.15) is 0 Å². The fourth-order valence-electron chi connectivity index (χ4n) is 2.96. The largest absolute Gasteiger partial charge is 0.507 e. The number of ether oxygens (including phenoxy) is 1. The molecule has 0 aromatic heterocycles. The van der Waals surface area contributed by atoms with Crippen LogP contribution in [0.15, 0.2) is 12.1 Å². The van der Waals surface area contributed by atoms with Crippen LogP contribution in [0.2, 0.25) is 0 Å². The van der Waals surface area contributed by atoms with Gasteiger partial charge >= 0.3 is 0 Å². The van der Waals surface area contributed by atoms with Crippen LogP contribution >= 0.6 is 0 Å². The van der Waals surface area contributed by atoms with E-state index in [4.69, 9.17) is 4.74 Å². The van der Waals surface area contributed by atoms with Crippen molar-refractivity contribution in [2.24, 2.45) is 5.92 Å². The van der Waals surface area contributed by atoms with Crippen molar-refractivity contribution in [2.45, 2.75) is 39.5 Å². The van der Waals surface area contributed by atoms with E-state index in [9.17, 15) is 15.0 Å². The summed E-state index contributed by atoms with van der Waals surface area (Å²) in [5.74, 6) is 0.197. The van der Waals surface area contributed by atoms with E-state index in [1.165, 1.54) is 0 Å². The van der Waals surface area contributed by atoms with E-state index in [1.807, 2.05) is 19.9 Å². The Balaban J connectivity index is 2.40. The predicted octanol–water partition coefficient (Wildman–Crippen LogP) is 2.72. The molecule has 1 aliphatic rings. The number of carbonyl (C=O) groups excluding carboxylic acids is 1. The zero-order valence-corrected chi connectivity index (χ0v) is 15.1. The summed E-state index contributed by atoms with van der Waals surface area (Å²) in [6.45, 7) is 9.97. The third kappa shape index (κ3) is 4.08. The highest BCUT2D eigenvalue weighted by molar-refractivity contribution is 5.97. The molecule has 2 rings (SSSR count). The summed E-state index contributed by atoms with van der Waals surface area (Å²) < 4.78 is 5.45. The molecule has 24 heavy (non-hydrogen) atoms. The molecule has 5 heteroatoms. The summed E-state index contributed by atoms with van der Waals surface area (Å²) in [6.07, 6.45) is 0. The second-order valence-corrected chi connectivity index (χ2v) is 7.19. The molecule has 0 radical (unpaired) electrons. The molecule has 0 aliphatic carbocycles. The van der Waals surface area contributed by atoms with Crippen LogP contribution in [0, 0.1) is 5.92 Å². The summed E-state index contributed by atoms with van der Waals surface area (Å²) in [6, 6.07) is 3.79. The van der Waals surface area contributed by atoms with Gasteiger partial charge in [-0.25, -0.2) is 0 Å². The number of hydrogen-bond donors (Lipinski definition) is 2. The first-order chi connectivity index (χ1) is 11.3. The summed E-state index contributed by atoms with van der Waals surface area (Å²) >= 11 is 0. The van der Waals surface area contributed by atoms with Crippen molar-refractivity contribution >= 4 is 5.91 Å². The predicted molar refractivity (Wildman–Crippen MR) is 93.6 cm³/mol. The molecular weight excluding hydrogens is 306 g/mol. The average molecular weight is 335 g/mol. The topological polar surface area (TPSA) is 70.0 Å². The van der Waals surface area contributed by atoms with Crippen molar-refractivity contribution in [3.63, 3.8) is 0 Å². The lowest BCUT2D eigenvalue weighted by Crippen LogP contribution is -2.37. The molecule has 0 bridgehead atoms. The standard InChI is InChI=1S/C19H29NO4/c1-12(2)15-7-16(13(3)4)18(22)17(8-15)19(23)20-5-6-24-11-14(9-20)10-21/h7-8,12-14,21-22H,5-6,9-11H2,1-4H3/t14-/m0/s1. The number of hydrogen-bond acceptors (Lipinski definition) is 4. The minimum absolute atomic E-state index is 0.0148. The summed E-state index contributed by atoms with van der Waals surface area (Å²) in [7, 11) is 0. The van der Waals surface area contributed by atoms with Gasteiger partial charge in [0, 0.05) is 25.6 Å². The normalized spacial score (nSPS) is 19.0. The van der Waals surface area contributed by atoms with Gasteiger partial charge in [-0.05, 0) is 29.0 Å². The Kier molecular flexibility index (Phi) is 6.24. The maximum absolute atomic E-state index is 13.0. The number of amides is 1. The second-order valence-electron chi connectivity index (χ2n) is 7.19. The number of aliphatic hydroxyl groups excluding tert-OH is 1. The van der Waals surface area contributed by atoms with E-state index in [-0.39, 0.29) is 36.0 Å². The monoisotopic (exact) mass is 335 g/mol. The van der Waals surface area contributed by atoms with Gasteiger partial charge in [0.15, 0.2) is 0 Å². The highest BCUT2D eigenvalue weighted by atomic mass is 16.5. The summed E-state index contributed by atoms with van der Waals surface area (Å²) in [5, 5.41) is 20.0. The first-order valence-electron chi connectivity index (χ1n) is 8.69.